The number of rotatable bonds is 2. The van der Waals surface area contributed by atoms with Crippen LogP contribution in [0.1, 0.15) is 30.5 Å². The van der Waals surface area contributed by atoms with E-state index in [1.807, 2.05) is 24.3 Å². The third-order valence-corrected chi connectivity index (χ3v) is 5.35. The number of hydrogen-bond donors (Lipinski definition) is 1. The summed E-state index contributed by atoms with van der Waals surface area (Å²) in [7, 11) is 0. The molecule has 0 aliphatic carbocycles. The third-order valence-electron chi connectivity index (χ3n) is 4.36. The van der Waals surface area contributed by atoms with Gasteiger partial charge in [0.1, 0.15) is 0 Å². The van der Waals surface area contributed by atoms with Gasteiger partial charge in [-0.3, -0.25) is 0 Å². The van der Waals surface area contributed by atoms with Gasteiger partial charge in [0, 0.05) is 40.0 Å². The van der Waals surface area contributed by atoms with Crippen molar-refractivity contribution in [1.82, 2.24) is 0 Å². The van der Waals surface area contributed by atoms with Crippen molar-refractivity contribution in [2.75, 3.05) is 0 Å². The van der Waals surface area contributed by atoms with Crippen LogP contribution in [0.4, 0.5) is 0 Å². The smallest absolute Gasteiger partial charge is 0.241 e. The second-order valence-electron chi connectivity index (χ2n) is 5.94. The highest BCUT2D eigenvalue weighted by atomic mass is 79.9. The first-order chi connectivity index (χ1) is 11.9. The molecule has 0 saturated heterocycles. The molecule has 3 unspecified atom stereocenters. The van der Waals surface area contributed by atoms with Gasteiger partial charge in [0.05, 0.1) is 5.71 Å². The van der Waals surface area contributed by atoms with Crippen LogP contribution in [0.2, 0.25) is 5.02 Å². The summed E-state index contributed by atoms with van der Waals surface area (Å²) in [5, 5.41) is 13.2. The van der Waals surface area contributed by atoms with Crippen molar-refractivity contribution < 1.29 is 9.86 Å². The zero-order valence-corrected chi connectivity index (χ0v) is 15.9. The van der Waals surface area contributed by atoms with Crippen molar-refractivity contribution >= 4 is 39.3 Å². The lowest BCUT2D eigenvalue weighted by Crippen LogP contribution is -3.16. The molecule has 1 aliphatic rings. The van der Waals surface area contributed by atoms with Gasteiger partial charge in [-0.1, -0.05) is 51.8 Å². The van der Waals surface area contributed by atoms with E-state index in [2.05, 4.69) is 25.9 Å². The summed E-state index contributed by atoms with van der Waals surface area (Å²) >= 11 is 9.93. The van der Waals surface area contributed by atoms with Crippen LogP contribution in [0.25, 0.3) is 0 Å². The molecule has 2 aromatic rings. The molecule has 1 heterocycles. The first-order valence-corrected chi connectivity index (χ1v) is 8.82. The summed E-state index contributed by atoms with van der Waals surface area (Å²) in [4.78, 5) is 19.5. The molecule has 0 spiro atoms. The van der Waals surface area contributed by atoms with Crippen LogP contribution in [0.3, 0.4) is 0 Å². The predicted octanol–water partition coefficient (Wildman–Crippen LogP) is 3.19. The van der Waals surface area contributed by atoms with Crippen LogP contribution in [0.15, 0.2) is 56.9 Å². The highest BCUT2D eigenvalue weighted by Crippen LogP contribution is 2.34. The zero-order valence-electron chi connectivity index (χ0n) is 13.6. The topological polar surface area (TPSA) is 69.3 Å². The van der Waals surface area contributed by atoms with Crippen LogP contribution >= 0.6 is 27.5 Å². The van der Waals surface area contributed by atoms with E-state index in [-0.39, 0.29) is 5.06 Å². The van der Waals surface area contributed by atoms with E-state index >= 15 is 0 Å². The zero-order chi connectivity index (χ0) is 18.2. The van der Waals surface area contributed by atoms with Gasteiger partial charge >= 0.3 is 0 Å². The number of aliphatic imine (C=N–C) groups is 2. The molecular weight excluding hydrogens is 406 g/mol. The first-order valence-electron chi connectivity index (χ1n) is 7.65. The molecule has 25 heavy (non-hydrogen) atoms. The molecule has 3 rings (SSSR count). The van der Waals surface area contributed by atoms with Crippen LogP contribution < -0.4 is 5.06 Å². The Hall–Kier alpha value is -1.82. The molecule has 2 aromatic carbocycles. The third kappa shape index (κ3) is 2.97. The van der Waals surface area contributed by atoms with E-state index in [0.717, 1.165) is 10.0 Å². The lowest BCUT2D eigenvalue weighted by Gasteiger charge is -2.38. The summed E-state index contributed by atoms with van der Waals surface area (Å²) in [5.74, 6) is 0. The summed E-state index contributed by atoms with van der Waals surface area (Å²) in [6.07, 6.45) is 0.858. The van der Waals surface area contributed by atoms with E-state index < -0.39 is 11.8 Å². The normalized spacial score (nSPS) is 25.4. The minimum absolute atomic E-state index is 0.266. The fourth-order valence-electron chi connectivity index (χ4n) is 3.09. The van der Waals surface area contributed by atoms with Crippen LogP contribution in [-0.2, 0) is 10.5 Å². The maximum Gasteiger partial charge on any atom is 0.241 e. The van der Waals surface area contributed by atoms with Crippen molar-refractivity contribution in [3.05, 3.63) is 73.9 Å². The van der Waals surface area contributed by atoms with Gasteiger partial charge in [0.25, 0.3) is 0 Å². The molecule has 0 radical (unpaired) electrons. The number of isocyanates is 1. The van der Waals surface area contributed by atoms with E-state index in [1.165, 1.54) is 0 Å². The monoisotopic (exact) mass is 419 g/mol. The summed E-state index contributed by atoms with van der Waals surface area (Å²) in [6.45, 7) is 3.31. The largest absolute Gasteiger partial charge is 0.631 e. The molecule has 1 N–H and O–H groups in total. The number of carbonyl (C=O) groups excluding carboxylic acids is 1. The first kappa shape index (κ1) is 18.0. The second kappa shape index (κ2) is 6.83. The highest BCUT2D eigenvalue weighted by Gasteiger charge is 2.42. The molecule has 0 bridgehead atoms. The van der Waals surface area contributed by atoms with Gasteiger partial charge in [-0.05, 0) is 18.2 Å². The molecule has 0 saturated carbocycles. The summed E-state index contributed by atoms with van der Waals surface area (Å²) in [6, 6.07) is 12.8. The molecule has 0 aromatic heterocycles. The highest BCUT2D eigenvalue weighted by molar-refractivity contribution is 9.10. The number of hydroxylamine groups is 2. The Balaban J connectivity index is 2.40. The van der Waals surface area contributed by atoms with Crippen molar-refractivity contribution in [3.8, 4) is 0 Å². The SMILES string of the molecule is CC1N=C(c2ccccc2Cl)c2c(Br)cccc2C(C)(N=C=O)[NH+]1[O-]. The van der Waals surface area contributed by atoms with Crippen molar-refractivity contribution in [2.24, 2.45) is 9.98 Å². The van der Waals surface area contributed by atoms with Crippen molar-refractivity contribution in [2.45, 2.75) is 25.7 Å². The standard InChI is InChI=1S/C18H15BrClN3O2/c1-11-22-17(12-6-3-4-9-15(12)20)16-13(7-5-8-14(16)19)18(2,21-10-24)23(11)25/h3-9,11,23H,1-2H3. The molecular formula is C18H15BrClN3O2. The number of nitrogens with one attached hydrogen (secondary N) is 1. The Morgan fingerprint density at radius 3 is 2.72 bits per heavy atom. The lowest BCUT2D eigenvalue weighted by atomic mass is 9.91. The Bertz CT molecular complexity index is 911. The molecule has 0 fully saturated rings. The maximum absolute atomic E-state index is 13.0. The Labute approximate surface area is 158 Å². The number of benzene rings is 2. The molecule has 7 heteroatoms. The van der Waals surface area contributed by atoms with E-state index in [0.29, 0.717) is 21.9 Å². The number of quaternary nitrogens is 1. The number of fused-ring (bicyclic) bond motifs is 1. The lowest BCUT2D eigenvalue weighted by molar-refractivity contribution is -0.932. The Morgan fingerprint density at radius 2 is 2.04 bits per heavy atom. The average Bonchev–Trinajstić information content (AvgIpc) is 2.66. The van der Waals surface area contributed by atoms with Gasteiger partial charge in [-0.25, -0.2) is 9.79 Å². The number of hydrogen-bond acceptors (Lipinski definition) is 4. The van der Waals surface area contributed by atoms with E-state index in [9.17, 15) is 10.0 Å². The number of halogens is 2. The minimum Gasteiger partial charge on any atom is -0.631 e. The second-order valence-corrected chi connectivity index (χ2v) is 7.20. The van der Waals surface area contributed by atoms with Crippen molar-refractivity contribution in [1.29, 1.82) is 0 Å². The fourth-order valence-corrected chi connectivity index (χ4v) is 3.87. The molecule has 1 aliphatic heterocycles. The Morgan fingerprint density at radius 1 is 1.32 bits per heavy atom. The minimum atomic E-state index is -1.35. The average molecular weight is 421 g/mol. The van der Waals surface area contributed by atoms with Gasteiger partial charge < -0.3 is 10.3 Å². The van der Waals surface area contributed by atoms with Crippen LogP contribution in [0, 0.1) is 5.21 Å². The Kier molecular flexibility index (Phi) is 4.91. The van der Waals surface area contributed by atoms with E-state index in [4.69, 9.17) is 11.6 Å². The fraction of sp³-hybridized carbons (Fsp3) is 0.222. The number of nitrogens with zero attached hydrogens (tertiary/aromatic N) is 2. The van der Waals surface area contributed by atoms with Gasteiger partial charge in [0.2, 0.25) is 11.7 Å². The van der Waals surface area contributed by atoms with E-state index in [1.54, 1.807) is 38.1 Å². The molecule has 0 amide bonds. The molecule has 128 valence electrons. The summed E-state index contributed by atoms with van der Waals surface area (Å²) < 4.78 is 0.748. The van der Waals surface area contributed by atoms with Crippen LogP contribution in [0.5, 0.6) is 0 Å². The maximum atomic E-state index is 13.0. The van der Waals surface area contributed by atoms with Gasteiger partial charge in [-0.2, -0.15) is 0 Å². The van der Waals surface area contributed by atoms with Crippen molar-refractivity contribution in [3.63, 3.8) is 0 Å². The molecule has 5 nitrogen and oxygen atoms in total. The predicted molar refractivity (Wildman–Crippen MR) is 100 cm³/mol. The summed E-state index contributed by atoms with van der Waals surface area (Å²) in [5.41, 5.74) is 1.26. The quantitative estimate of drug-likeness (QED) is 0.460. The van der Waals surface area contributed by atoms with Gasteiger partial charge in [-0.15, -0.1) is 4.99 Å². The molecule has 3 atom stereocenters. The van der Waals surface area contributed by atoms with Gasteiger partial charge in [0.15, 0.2) is 6.17 Å². The van der Waals surface area contributed by atoms with Crippen LogP contribution in [-0.4, -0.2) is 18.0 Å².